The van der Waals surface area contributed by atoms with Crippen LogP contribution in [0, 0.1) is 11.8 Å². The molecule has 2 amide bonds. The zero-order valence-electron chi connectivity index (χ0n) is 44.3. The van der Waals surface area contributed by atoms with Crippen LogP contribution in [0.25, 0.3) is 33.2 Å². The lowest BCUT2D eigenvalue weighted by atomic mass is 10.0. The molecule has 16 nitrogen and oxygen atoms in total. The van der Waals surface area contributed by atoms with E-state index in [1.54, 1.807) is 64.3 Å². The maximum Gasteiger partial charge on any atom is 0.408 e. The minimum absolute atomic E-state index is 0.180. The monoisotopic (exact) mass is 1010 g/mol. The SMILES string of the molecule is CC[C@H](NC(=O)OC(C)(C)C)c1nc2cccc(C#CCCCC(=O)OC)c2c(=O)n1-c1ccccc1.CC[C@H](NC(=O)OC(C)(C)C)c1nc2cccc(CCCCCC(=O)OC)c2c(=O)n1-c1ccccc1. The first-order valence-electron chi connectivity index (χ1n) is 25.1. The van der Waals surface area contributed by atoms with Crippen LogP contribution in [0.5, 0.6) is 0 Å². The highest BCUT2D eigenvalue weighted by Gasteiger charge is 2.27. The number of carbonyl (C=O) groups excluding carboxylic acids is 4. The summed E-state index contributed by atoms with van der Waals surface area (Å²) in [6.07, 6.45) is 4.71. The van der Waals surface area contributed by atoms with Gasteiger partial charge < -0.3 is 29.6 Å². The number of unbranched alkanes of at least 4 members (excludes halogenated alkanes) is 3. The summed E-state index contributed by atoms with van der Waals surface area (Å²) in [6.45, 7) is 14.6. The van der Waals surface area contributed by atoms with Crippen LogP contribution >= 0.6 is 0 Å². The van der Waals surface area contributed by atoms with Crippen LogP contribution in [-0.4, -0.2) is 68.6 Å². The molecule has 392 valence electrons. The highest BCUT2D eigenvalue weighted by atomic mass is 16.6. The highest BCUT2D eigenvalue weighted by Crippen LogP contribution is 2.26. The van der Waals surface area contributed by atoms with E-state index in [-0.39, 0.29) is 29.5 Å². The normalized spacial score (nSPS) is 12.0. The predicted octanol–water partition coefficient (Wildman–Crippen LogP) is 10.7. The summed E-state index contributed by atoms with van der Waals surface area (Å²) in [6, 6.07) is 28.4. The molecule has 2 atom stereocenters. The molecule has 2 N–H and O–H groups in total. The lowest BCUT2D eigenvalue weighted by Crippen LogP contribution is -2.37. The van der Waals surface area contributed by atoms with Crippen molar-refractivity contribution in [1.82, 2.24) is 29.7 Å². The number of rotatable bonds is 17. The van der Waals surface area contributed by atoms with E-state index in [1.807, 2.05) is 92.7 Å². The third kappa shape index (κ3) is 16.1. The van der Waals surface area contributed by atoms with Crippen molar-refractivity contribution < 1.29 is 38.1 Å². The fourth-order valence-electron chi connectivity index (χ4n) is 8.04. The molecule has 0 fully saturated rings. The maximum absolute atomic E-state index is 14.0. The van der Waals surface area contributed by atoms with Crippen molar-refractivity contribution in [2.24, 2.45) is 0 Å². The molecule has 0 radical (unpaired) electrons. The second kappa shape index (κ2) is 26.8. The number of fused-ring (bicyclic) bond motifs is 2. The number of amides is 2. The van der Waals surface area contributed by atoms with Gasteiger partial charge in [0.1, 0.15) is 22.9 Å². The van der Waals surface area contributed by atoms with Crippen LogP contribution in [0.3, 0.4) is 0 Å². The molecule has 16 heteroatoms. The summed E-state index contributed by atoms with van der Waals surface area (Å²) in [7, 11) is 2.75. The van der Waals surface area contributed by atoms with Crippen LogP contribution in [-0.2, 0) is 35.0 Å². The van der Waals surface area contributed by atoms with Crippen LogP contribution in [0.1, 0.15) is 148 Å². The number of methoxy groups -OCH3 is 2. The number of alkyl carbamates (subject to hydrolysis) is 2. The molecule has 0 aliphatic rings. The third-order valence-electron chi connectivity index (χ3n) is 11.5. The summed E-state index contributed by atoms with van der Waals surface area (Å²) < 4.78 is 23.4. The summed E-state index contributed by atoms with van der Waals surface area (Å²) in [5.41, 5.74) is 2.07. The number of carbonyl (C=O) groups is 4. The molecule has 2 aromatic heterocycles. The van der Waals surface area contributed by atoms with Gasteiger partial charge in [0.05, 0.1) is 59.5 Å². The minimum atomic E-state index is -0.664. The van der Waals surface area contributed by atoms with Crippen LogP contribution in [0.4, 0.5) is 9.59 Å². The summed E-state index contributed by atoms with van der Waals surface area (Å²) >= 11 is 0. The molecule has 0 spiro atoms. The number of aryl methyl sites for hydroxylation is 1. The second-order valence-corrected chi connectivity index (χ2v) is 19.5. The summed E-state index contributed by atoms with van der Waals surface area (Å²) in [4.78, 5) is 85.7. The Balaban J connectivity index is 0.000000274. The number of hydrogen-bond donors (Lipinski definition) is 2. The number of para-hydroxylation sites is 2. The number of hydrogen-bond acceptors (Lipinski definition) is 12. The van der Waals surface area contributed by atoms with Crippen molar-refractivity contribution in [3.8, 4) is 23.2 Å². The first-order valence-corrected chi connectivity index (χ1v) is 25.1. The van der Waals surface area contributed by atoms with Gasteiger partial charge >= 0.3 is 24.1 Å². The van der Waals surface area contributed by atoms with Gasteiger partial charge in [0.25, 0.3) is 11.1 Å². The van der Waals surface area contributed by atoms with E-state index in [0.717, 1.165) is 24.8 Å². The van der Waals surface area contributed by atoms with E-state index in [4.69, 9.17) is 24.2 Å². The number of aromatic nitrogens is 4. The van der Waals surface area contributed by atoms with Gasteiger partial charge in [-0.25, -0.2) is 19.6 Å². The zero-order valence-corrected chi connectivity index (χ0v) is 44.3. The number of nitrogens with one attached hydrogen (secondary N) is 2. The van der Waals surface area contributed by atoms with E-state index in [0.29, 0.717) is 88.9 Å². The number of benzene rings is 4. The average Bonchev–Trinajstić information content (AvgIpc) is 3.36. The van der Waals surface area contributed by atoms with Gasteiger partial charge in [0.2, 0.25) is 0 Å². The number of ether oxygens (including phenoxy) is 4. The van der Waals surface area contributed by atoms with Gasteiger partial charge in [-0.2, -0.15) is 0 Å². The quantitative estimate of drug-likeness (QED) is 0.0380. The predicted molar refractivity (Wildman–Crippen MR) is 286 cm³/mol. The Morgan fingerprint density at radius 2 is 1.04 bits per heavy atom. The van der Waals surface area contributed by atoms with Crippen molar-refractivity contribution in [3.63, 3.8) is 0 Å². The Morgan fingerprint density at radius 3 is 1.51 bits per heavy atom. The molecule has 0 aliphatic carbocycles. The molecular weight excluding hydrogens is 941 g/mol. The van der Waals surface area contributed by atoms with E-state index >= 15 is 0 Å². The van der Waals surface area contributed by atoms with Gasteiger partial charge in [0, 0.05) is 24.8 Å². The molecular formula is C58H70N6O10. The van der Waals surface area contributed by atoms with Crippen molar-refractivity contribution in [1.29, 1.82) is 0 Å². The van der Waals surface area contributed by atoms with Crippen LogP contribution in [0.15, 0.2) is 107 Å². The third-order valence-corrected chi connectivity index (χ3v) is 11.5. The summed E-state index contributed by atoms with van der Waals surface area (Å²) in [5, 5.41) is 6.72. The molecule has 0 unspecified atom stereocenters. The lowest BCUT2D eigenvalue weighted by Gasteiger charge is -2.25. The number of esters is 2. The second-order valence-electron chi connectivity index (χ2n) is 19.5. The molecule has 2 heterocycles. The first-order chi connectivity index (χ1) is 35.3. The van der Waals surface area contributed by atoms with Crippen molar-refractivity contribution in [2.45, 2.75) is 143 Å². The van der Waals surface area contributed by atoms with E-state index < -0.39 is 35.5 Å². The van der Waals surface area contributed by atoms with E-state index in [2.05, 4.69) is 27.2 Å². The van der Waals surface area contributed by atoms with Gasteiger partial charge in [-0.3, -0.25) is 28.3 Å². The van der Waals surface area contributed by atoms with Crippen molar-refractivity contribution in [3.05, 3.63) is 141 Å². The average molecular weight is 1010 g/mol. The maximum atomic E-state index is 14.0. The van der Waals surface area contributed by atoms with E-state index in [9.17, 15) is 28.8 Å². The Labute approximate surface area is 433 Å². The smallest absolute Gasteiger partial charge is 0.408 e. The Kier molecular flexibility index (Phi) is 20.7. The van der Waals surface area contributed by atoms with E-state index in [1.165, 1.54) is 18.8 Å². The van der Waals surface area contributed by atoms with Gasteiger partial charge in [0.15, 0.2) is 0 Å². The van der Waals surface area contributed by atoms with Gasteiger partial charge in [-0.15, -0.1) is 0 Å². The number of nitrogens with zero attached hydrogens (tertiary/aromatic N) is 4. The molecule has 0 saturated heterocycles. The molecule has 0 bridgehead atoms. The van der Waals surface area contributed by atoms with Gasteiger partial charge in [-0.1, -0.05) is 86.7 Å². The zero-order chi connectivity index (χ0) is 54.0. The largest absolute Gasteiger partial charge is 0.469 e. The highest BCUT2D eigenvalue weighted by molar-refractivity contribution is 5.85. The molecule has 6 aromatic rings. The Morgan fingerprint density at radius 1 is 0.581 bits per heavy atom. The fourth-order valence-corrected chi connectivity index (χ4v) is 8.04. The minimum Gasteiger partial charge on any atom is -0.469 e. The molecule has 6 rings (SSSR count). The van der Waals surface area contributed by atoms with Gasteiger partial charge in [-0.05, 0) is 128 Å². The fraction of sp³-hybridized carbons (Fsp3) is 0.414. The standard InChI is InChI=1S/C29H37N3O5.C29H33N3O5/c2*1-6-22(31-28(35)37-29(2,3)4)26-30-23-18-13-15-20(14-9-7-12-19-24(33)36-5)25(23)27(34)32(26)21-16-10-8-11-17-21/h8,10-11,13,15-18,22H,6-7,9,12,14,19H2,1-5H3,(H,31,35);8,10-11,13,15-18,22H,6-7,12,19H2,1-5H3,(H,31,35)/t2*22-/m00/s1. The first kappa shape index (κ1) is 57.1. The topological polar surface area (TPSA) is 199 Å². The molecule has 74 heavy (non-hydrogen) atoms. The molecule has 0 saturated carbocycles. The Bertz CT molecular complexity index is 3070. The van der Waals surface area contributed by atoms with Crippen molar-refractivity contribution in [2.75, 3.05) is 14.2 Å². The molecule has 4 aromatic carbocycles. The lowest BCUT2D eigenvalue weighted by molar-refractivity contribution is -0.141. The summed E-state index contributed by atoms with van der Waals surface area (Å²) in [5.74, 6) is 6.49. The van der Waals surface area contributed by atoms with Crippen molar-refractivity contribution >= 4 is 45.9 Å². The molecule has 0 aliphatic heterocycles. The van der Waals surface area contributed by atoms with Crippen LogP contribution in [0.2, 0.25) is 0 Å². The van der Waals surface area contributed by atoms with Crippen LogP contribution < -0.4 is 21.8 Å². The Hall–Kier alpha value is -7.80.